The van der Waals surface area contributed by atoms with Crippen LogP contribution in [0.5, 0.6) is 5.75 Å². The summed E-state index contributed by atoms with van der Waals surface area (Å²) in [7, 11) is 0. The van der Waals surface area contributed by atoms with Crippen LogP contribution in [0, 0.1) is 0 Å². The third-order valence-electron chi connectivity index (χ3n) is 4.80. The van der Waals surface area contributed by atoms with Gasteiger partial charge in [0.15, 0.2) is 11.3 Å². The van der Waals surface area contributed by atoms with Crippen molar-refractivity contribution in [3.05, 3.63) is 57.5 Å². The predicted octanol–water partition coefficient (Wildman–Crippen LogP) is 3.22. The van der Waals surface area contributed by atoms with Crippen molar-refractivity contribution in [2.75, 3.05) is 6.61 Å². The Morgan fingerprint density at radius 1 is 1.23 bits per heavy atom. The summed E-state index contributed by atoms with van der Waals surface area (Å²) in [5.74, 6) is -1.06. The van der Waals surface area contributed by atoms with Gasteiger partial charge in [0.1, 0.15) is 5.69 Å². The summed E-state index contributed by atoms with van der Waals surface area (Å²) >= 11 is 0. The van der Waals surface area contributed by atoms with Crippen LogP contribution in [0.3, 0.4) is 0 Å². The van der Waals surface area contributed by atoms with Gasteiger partial charge in [-0.2, -0.15) is 5.10 Å². The van der Waals surface area contributed by atoms with E-state index in [1.54, 1.807) is 6.92 Å². The summed E-state index contributed by atoms with van der Waals surface area (Å²) < 4.78 is 6.27. The van der Waals surface area contributed by atoms with Crippen molar-refractivity contribution in [1.82, 2.24) is 9.78 Å². The number of carbonyl (C=O) groups excluding carboxylic acids is 1. The lowest BCUT2D eigenvalue weighted by Gasteiger charge is -2.23. The lowest BCUT2D eigenvalue weighted by molar-refractivity contribution is 0.0519. The first-order chi connectivity index (χ1) is 12.6. The number of hydrogen-bond donors (Lipinski definition) is 1. The fraction of sp³-hybridized carbons (Fsp3) is 0.450. The van der Waals surface area contributed by atoms with E-state index in [-0.39, 0.29) is 30.4 Å². The highest BCUT2D eigenvalue weighted by molar-refractivity contribution is 5.92. The van der Waals surface area contributed by atoms with Crippen LogP contribution in [0.4, 0.5) is 0 Å². The quantitative estimate of drug-likeness (QED) is 0.832. The van der Waals surface area contributed by atoms with Crippen molar-refractivity contribution in [2.24, 2.45) is 0 Å². The Hall–Kier alpha value is -2.63. The molecule has 1 saturated carbocycles. The molecule has 6 heteroatoms. The Labute approximate surface area is 152 Å². The molecule has 0 saturated heterocycles. The second-order valence-corrected chi connectivity index (χ2v) is 6.61. The zero-order valence-corrected chi connectivity index (χ0v) is 15.0. The molecule has 1 N–H and O–H groups in total. The van der Waals surface area contributed by atoms with Gasteiger partial charge in [-0.15, -0.1) is 0 Å². The highest BCUT2D eigenvalue weighted by atomic mass is 16.5. The predicted molar refractivity (Wildman–Crippen MR) is 97.5 cm³/mol. The van der Waals surface area contributed by atoms with Crippen molar-refractivity contribution in [1.29, 1.82) is 0 Å². The maximum Gasteiger partial charge on any atom is 0.347 e. The van der Waals surface area contributed by atoms with Gasteiger partial charge >= 0.3 is 5.97 Å². The van der Waals surface area contributed by atoms with E-state index in [1.807, 2.05) is 30.3 Å². The molecule has 1 aromatic heterocycles. The molecule has 1 heterocycles. The monoisotopic (exact) mass is 356 g/mol. The maximum atomic E-state index is 12.8. The van der Waals surface area contributed by atoms with Crippen LogP contribution >= 0.6 is 0 Å². The molecule has 6 nitrogen and oxygen atoms in total. The Bertz CT molecular complexity index is 824. The van der Waals surface area contributed by atoms with Gasteiger partial charge in [0.05, 0.1) is 13.2 Å². The minimum atomic E-state index is -0.795. The van der Waals surface area contributed by atoms with Crippen molar-refractivity contribution in [3.8, 4) is 5.75 Å². The molecule has 0 spiro atoms. The van der Waals surface area contributed by atoms with E-state index in [2.05, 4.69) is 5.10 Å². The summed E-state index contributed by atoms with van der Waals surface area (Å²) in [5, 5.41) is 15.1. The van der Waals surface area contributed by atoms with Crippen LogP contribution in [-0.2, 0) is 11.3 Å². The molecular formula is C20H24N2O4. The average molecular weight is 356 g/mol. The molecule has 0 aliphatic heterocycles. The summed E-state index contributed by atoms with van der Waals surface area (Å²) in [4.78, 5) is 25.1. The van der Waals surface area contributed by atoms with Gasteiger partial charge in [-0.25, -0.2) is 9.48 Å². The standard InChI is InChI=1S/C20H24N2O4/c1-2-26-20(25)16-18(23)17(15-11-7-4-8-12-15)21-22(19(16)24)13-14-9-5-3-6-10-14/h3,5-6,9-10,15,23H,2,4,7-8,11-13H2,1H3. The van der Waals surface area contributed by atoms with Gasteiger partial charge in [0, 0.05) is 5.92 Å². The van der Waals surface area contributed by atoms with Crippen molar-refractivity contribution >= 4 is 5.97 Å². The number of benzene rings is 1. The van der Waals surface area contributed by atoms with E-state index in [0.717, 1.165) is 37.7 Å². The zero-order chi connectivity index (χ0) is 18.5. The van der Waals surface area contributed by atoms with E-state index in [0.29, 0.717) is 5.69 Å². The van der Waals surface area contributed by atoms with Gasteiger partial charge in [0.25, 0.3) is 5.56 Å². The second kappa shape index (κ2) is 8.17. The first kappa shape index (κ1) is 18.2. The molecule has 0 amide bonds. The zero-order valence-electron chi connectivity index (χ0n) is 15.0. The fourth-order valence-corrected chi connectivity index (χ4v) is 3.48. The number of aromatic hydroxyl groups is 1. The number of rotatable bonds is 5. The third-order valence-corrected chi connectivity index (χ3v) is 4.80. The second-order valence-electron chi connectivity index (χ2n) is 6.61. The molecule has 0 bridgehead atoms. The number of aromatic nitrogens is 2. The van der Waals surface area contributed by atoms with E-state index in [1.165, 1.54) is 4.68 Å². The molecular weight excluding hydrogens is 332 g/mol. The summed E-state index contributed by atoms with van der Waals surface area (Å²) in [5.41, 5.74) is 0.406. The van der Waals surface area contributed by atoms with Crippen LogP contribution in [0.2, 0.25) is 0 Å². The Morgan fingerprint density at radius 2 is 1.92 bits per heavy atom. The lowest BCUT2D eigenvalue weighted by Crippen LogP contribution is -2.32. The highest BCUT2D eigenvalue weighted by Crippen LogP contribution is 2.36. The summed E-state index contributed by atoms with van der Waals surface area (Å²) in [6, 6.07) is 9.45. The van der Waals surface area contributed by atoms with E-state index in [4.69, 9.17) is 4.74 Å². The van der Waals surface area contributed by atoms with Crippen molar-refractivity contribution in [2.45, 2.75) is 51.5 Å². The normalized spacial score (nSPS) is 15.0. The topological polar surface area (TPSA) is 81.4 Å². The molecule has 1 aliphatic carbocycles. The largest absolute Gasteiger partial charge is 0.505 e. The van der Waals surface area contributed by atoms with Crippen LogP contribution in [0.15, 0.2) is 35.1 Å². The fourth-order valence-electron chi connectivity index (χ4n) is 3.48. The van der Waals surface area contributed by atoms with Gasteiger partial charge in [-0.1, -0.05) is 49.6 Å². The molecule has 0 radical (unpaired) electrons. The molecule has 1 aromatic carbocycles. The number of esters is 1. The van der Waals surface area contributed by atoms with E-state index >= 15 is 0 Å². The minimum absolute atomic E-state index is 0.0551. The highest BCUT2D eigenvalue weighted by Gasteiger charge is 2.28. The number of nitrogens with zero attached hydrogens (tertiary/aromatic N) is 2. The van der Waals surface area contributed by atoms with Crippen LogP contribution in [0.1, 0.15) is 66.6 Å². The Morgan fingerprint density at radius 3 is 2.58 bits per heavy atom. The Kier molecular flexibility index (Phi) is 5.71. The molecule has 1 aliphatic rings. The molecule has 1 fully saturated rings. The van der Waals surface area contributed by atoms with Gasteiger partial charge in [-0.05, 0) is 25.3 Å². The first-order valence-corrected chi connectivity index (χ1v) is 9.16. The number of ether oxygens (including phenoxy) is 1. The molecule has 0 unspecified atom stereocenters. The van der Waals surface area contributed by atoms with Crippen LogP contribution in [-0.4, -0.2) is 27.5 Å². The maximum absolute atomic E-state index is 12.8. The van der Waals surface area contributed by atoms with E-state index < -0.39 is 11.5 Å². The first-order valence-electron chi connectivity index (χ1n) is 9.16. The Balaban J connectivity index is 2.08. The van der Waals surface area contributed by atoms with Gasteiger partial charge < -0.3 is 9.84 Å². The smallest absolute Gasteiger partial charge is 0.347 e. The number of carbonyl (C=O) groups is 1. The van der Waals surface area contributed by atoms with Crippen molar-refractivity contribution in [3.63, 3.8) is 0 Å². The van der Waals surface area contributed by atoms with Gasteiger partial charge in [-0.3, -0.25) is 4.79 Å². The van der Waals surface area contributed by atoms with Crippen molar-refractivity contribution < 1.29 is 14.6 Å². The number of hydrogen-bond acceptors (Lipinski definition) is 5. The molecule has 3 rings (SSSR count). The summed E-state index contributed by atoms with van der Waals surface area (Å²) in [6.07, 6.45) is 5.06. The van der Waals surface area contributed by atoms with Gasteiger partial charge in [0.2, 0.25) is 0 Å². The third kappa shape index (κ3) is 3.79. The van der Waals surface area contributed by atoms with Crippen LogP contribution in [0.25, 0.3) is 0 Å². The SMILES string of the molecule is CCOC(=O)c1c(O)c(C2CCCCC2)nn(Cc2ccccc2)c1=O. The molecule has 138 valence electrons. The van der Waals surface area contributed by atoms with E-state index in [9.17, 15) is 14.7 Å². The average Bonchev–Trinajstić information content (AvgIpc) is 2.66. The summed E-state index contributed by atoms with van der Waals surface area (Å²) in [6.45, 7) is 2.05. The molecule has 26 heavy (non-hydrogen) atoms. The molecule has 0 atom stereocenters. The minimum Gasteiger partial charge on any atom is -0.505 e. The lowest BCUT2D eigenvalue weighted by atomic mass is 9.86. The van der Waals surface area contributed by atoms with Crippen LogP contribution < -0.4 is 5.56 Å². The molecule has 2 aromatic rings.